The van der Waals surface area contributed by atoms with Crippen LogP contribution in [0.15, 0.2) is 59.6 Å². The number of methoxy groups -OCH3 is 1. The lowest BCUT2D eigenvalue weighted by Gasteiger charge is -2.30. The van der Waals surface area contributed by atoms with Gasteiger partial charge in [0, 0.05) is 5.60 Å². The van der Waals surface area contributed by atoms with Gasteiger partial charge < -0.3 is 14.6 Å². The molecule has 2 rings (SSSR count). The molecule has 5 heteroatoms. The van der Waals surface area contributed by atoms with Crippen LogP contribution in [0.3, 0.4) is 0 Å². The quantitative estimate of drug-likeness (QED) is 0.469. The summed E-state index contributed by atoms with van der Waals surface area (Å²) < 4.78 is 10.0. The number of benzene rings is 2. The maximum Gasteiger partial charge on any atom is 0.337 e. The van der Waals surface area contributed by atoms with Crippen molar-refractivity contribution in [2.24, 2.45) is 4.99 Å². The number of hydrogen-bond donors (Lipinski definition) is 0. The molecule has 2 aromatic carbocycles. The Morgan fingerprint density at radius 2 is 1.69 bits per heavy atom. The van der Waals surface area contributed by atoms with E-state index in [0.717, 1.165) is 11.1 Å². The van der Waals surface area contributed by atoms with Gasteiger partial charge in [-0.2, -0.15) is 0 Å². The molecule has 5 nitrogen and oxygen atoms in total. The highest BCUT2D eigenvalue weighted by atomic mass is 16.6. The molecule has 0 saturated heterocycles. The van der Waals surface area contributed by atoms with Crippen LogP contribution in [0.2, 0.25) is 0 Å². The summed E-state index contributed by atoms with van der Waals surface area (Å²) in [5.74, 6) is -0.380. The highest BCUT2D eigenvalue weighted by molar-refractivity contribution is 5.89. The first-order valence-electron chi connectivity index (χ1n) is 8.44. The highest BCUT2D eigenvalue weighted by Crippen LogP contribution is 2.23. The third-order valence-corrected chi connectivity index (χ3v) is 3.64. The molecule has 0 fully saturated rings. The summed E-state index contributed by atoms with van der Waals surface area (Å²) in [6, 6.07) is 16.3. The maximum atomic E-state index is 12.2. The first-order chi connectivity index (χ1) is 12.3. The lowest BCUT2D eigenvalue weighted by Crippen LogP contribution is -2.32. The molecule has 138 valence electrons. The van der Waals surface area contributed by atoms with Crippen molar-refractivity contribution < 1.29 is 19.4 Å². The van der Waals surface area contributed by atoms with Crippen LogP contribution in [0, 0.1) is 0 Å². The average Bonchev–Trinajstić information content (AvgIpc) is 2.60. The van der Waals surface area contributed by atoms with E-state index in [2.05, 4.69) is 4.99 Å². The predicted octanol–water partition coefficient (Wildman–Crippen LogP) is 3.29. The van der Waals surface area contributed by atoms with Crippen LogP contribution >= 0.6 is 0 Å². The van der Waals surface area contributed by atoms with Crippen molar-refractivity contribution in [1.82, 2.24) is 0 Å². The summed E-state index contributed by atoms with van der Waals surface area (Å²) in [7, 11) is 1.35. The summed E-state index contributed by atoms with van der Waals surface area (Å²) in [6.07, 6.45) is -0.0671. The smallest absolute Gasteiger partial charge is 0.337 e. The van der Waals surface area contributed by atoms with Crippen LogP contribution < -0.4 is 5.11 Å². The fourth-order valence-electron chi connectivity index (χ4n) is 2.45. The van der Waals surface area contributed by atoms with E-state index in [1.807, 2.05) is 63.2 Å². The molecule has 26 heavy (non-hydrogen) atoms. The minimum absolute atomic E-state index is 0.366. The van der Waals surface area contributed by atoms with Crippen molar-refractivity contribution in [3.8, 4) is 0 Å². The zero-order chi connectivity index (χ0) is 19.2. The Hall–Kier alpha value is -2.82. The number of ether oxygens (including phenoxy) is 2. The van der Waals surface area contributed by atoms with Crippen molar-refractivity contribution in [3.05, 3.63) is 71.3 Å². The zero-order valence-electron chi connectivity index (χ0n) is 15.6. The lowest BCUT2D eigenvalue weighted by molar-refractivity contribution is -0.261. The van der Waals surface area contributed by atoms with E-state index in [1.54, 1.807) is 12.1 Å². The first-order valence-corrected chi connectivity index (χ1v) is 8.44. The predicted molar refractivity (Wildman–Crippen MR) is 98.9 cm³/mol. The molecule has 0 bridgehead atoms. The summed E-state index contributed by atoms with van der Waals surface area (Å²) >= 11 is 0. The molecular formula is C21H24NO4-. The Balaban J connectivity index is 2.24. The van der Waals surface area contributed by atoms with E-state index >= 15 is 0 Å². The Kier molecular flexibility index (Phi) is 6.39. The minimum Gasteiger partial charge on any atom is -0.595 e. The third kappa shape index (κ3) is 5.92. The van der Waals surface area contributed by atoms with E-state index in [0.29, 0.717) is 12.0 Å². The number of carbonyl (C=O) groups is 1. The van der Waals surface area contributed by atoms with Crippen molar-refractivity contribution in [2.45, 2.75) is 38.8 Å². The van der Waals surface area contributed by atoms with Crippen LogP contribution in [0.5, 0.6) is 0 Å². The van der Waals surface area contributed by atoms with Crippen LogP contribution in [0.25, 0.3) is 0 Å². The SMILES string of the molecule is COC(=O)c1ccc(CC(N=C([O-])OC(C)(C)C)c2ccccc2)cc1. The maximum absolute atomic E-state index is 12.2. The van der Waals surface area contributed by atoms with Crippen LogP contribution in [0.1, 0.15) is 48.3 Å². The second-order valence-corrected chi connectivity index (χ2v) is 6.93. The largest absolute Gasteiger partial charge is 0.595 e. The van der Waals surface area contributed by atoms with Gasteiger partial charge in [-0.25, -0.2) is 4.79 Å². The summed E-state index contributed by atoms with van der Waals surface area (Å²) in [5, 5.41) is 12.2. The molecule has 0 spiro atoms. The number of rotatable bonds is 5. The van der Waals surface area contributed by atoms with Gasteiger partial charge in [0.05, 0.1) is 18.7 Å². The standard InChI is InChI=1S/C21H25NO4/c1-21(2,3)26-20(24)22-18(16-8-6-5-7-9-16)14-15-10-12-17(13-11-15)19(23)25-4/h5-13,18H,14H2,1-4H3,(H,22,24)/p-1. The van der Waals surface area contributed by atoms with Gasteiger partial charge in [0.2, 0.25) is 0 Å². The Morgan fingerprint density at radius 3 is 2.23 bits per heavy atom. The van der Waals surface area contributed by atoms with Gasteiger partial charge in [0.15, 0.2) is 0 Å². The van der Waals surface area contributed by atoms with Gasteiger partial charge in [-0.3, -0.25) is 4.99 Å². The number of esters is 1. The summed E-state index contributed by atoms with van der Waals surface area (Å²) in [6.45, 7) is 5.43. The lowest BCUT2D eigenvalue weighted by atomic mass is 9.98. The van der Waals surface area contributed by atoms with E-state index in [-0.39, 0.29) is 12.0 Å². The second kappa shape index (κ2) is 8.52. The van der Waals surface area contributed by atoms with Crippen molar-refractivity contribution >= 4 is 12.1 Å². The molecule has 0 aliphatic rings. The molecule has 0 aromatic heterocycles. The van der Waals surface area contributed by atoms with Crippen LogP contribution in [-0.2, 0) is 15.9 Å². The molecule has 0 N–H and O–H groups in total. The van der Waals surface area contributed by atoms with Gasteiger partial charge in [0.1, 0.15) is 6.08 Å². The fourth-order valence-corrected chi connectivity index (χ4v) is 2.45. The number of nitrogens with zero attached hydrogens (tertiary/aromatic N) is 1. The number of hydrogen-bond acceptors (Lipinski definition) is 5. The second-order valence-electron chi connectivity index (χ2n) is 6.93. The minimum atomic E-state index is -0.593. The van der Waals surface area contributed by atoms with E-state index < -0.39 is 11.7 Å². The van der Waals surface area contributed by atoms with E-state index in [4.69, 9.17) is 9.47 Å². The van der Waals surface area contributed by atoms with Crippen LogP contribution in [0.4, 0.5) is 0 Å². The van der Waals surface area contributed by atoms with E-state index in [9.17, 15) is 9.90 Å². The molecule has 0 radical (unpaired) electrons. The van der Waals surface area contributed by atoms with Gasteiger partial charge in [0.25, 0.3) is 0 Å². The van der Waals surface area contributed by atoms with Crippen molar-refractivity contribution in [3.63, 3.8) is 0 Å². The van der Waals surface area contributed by atoms with Crippen molar-refractivity contribution in [2.75, 3.05) is 7.11 Å². The molecule has 2 aromatic rings. The van der Waals surface area contributed by atoms with Gasteiger partial charge >= 0.3 is 5.97 Å². The molecule has 1 atom stereocenters. The van der Waals surface area contributed by atoms with Crippen molar-refractivity contribution in [1.29, 1.82) is 0 Å². The molecule has 0 aliphatic heterocycles. The van der Waals surface area contributed by atoms with Gasteiger partial charge in [-0.1, -0.05) is 63.2 Å². The summed E-state index contributed by atoms with van der Waals surface area (Å²) in [5.41, 5.74) is 1.77. The Labute approximate surface area is 154 Å². The highest BCUT2D eigenvalue weighted by Gasteiger charge is 2.13. The molecular weight excluding hydrogens is 330 g/mol. The molecule has 1 unspecified atom stereocenters. The van der Waals surface area contributed by atoms with Crippen LogP contribution in [-0.4, -0.2) is 24.8 Å². The van der Waals surface area contributed by atoms with E-state index in [1.165, 1.54) is 7.11 Å². The molecule has 0 amide bonds. The first kappa shape index (κ1) is 19.5. The molecule has 0 saturated carbocycles. The monoisotopic (exact) mass is 354 g/mol. The third-order valence-electron chi connectivity index (χ3n) is 3.64. The zero-order valence-corrected chi connectivity index (χ0v) is 15.6. The topological polar surface area (TPSA) is 71.0 Å². The fraction of sp³-hybridized carbons (Fsp3) is 0.333. The average molecular weight is 354 g/mol. The Morgan fingerprint density at radius 1 is 1.08 bits per heavy atom. The van der Waals surface area contributed by atoms with Gasteiger partial charge in [-0.05, 0) is 29.7 Å². The van der Waals surface area contributed by atoms with Gasteiger partial charge in [-0.15, -0.1) is 0 Å². The normalized spacial score (nSPS) is 13.2. The summed E-state index contributed by atoms with van der Waals surface area (Å²) in [4.78, 5) is 15.8. The number of aliphatic imine (C=N–C) groups is 1. The molecule has 0 heterocycles. The number of carbonyl (C=O) groups excluding carboxylic acids is 1. The molecule has 0 aliphatic carbocycles. The Bertz CT molecular complexity index is 746.